The van der Waals surface area contributed by atoms with Crippen LogP contribution in [0.15, 0.2) is 54.6 Å². The van der Waals surface area contributed by atoms with Crippen LogP contribution in [-0.4, -0.2) is 53.6 Å². The van der Waals surface area contributed by atoms with Gasteiger partial charge in [-0.25, -0.2) is 0 Å². The fourth-order valence-corrected chi connectivity index (χ4v) is 3.53. The number of likely N-dealkylation sites (tertiary alicyclic amines) is 1. The first-order valence-electron chi connectivity index (χ1n) is 9.29. The zero-order valence-corrected chi connectivity index (χ0v) is 15.6. The number of aliphatic hydroxyl groups excluding tert-OH is 1. The van der Waals surface area contributed by atoms with Crippen molar-refractivity contribution in [2.45, 2.75) is 31.9 Å². The zero-order valence-electron chi connectivity index (χ0n) is 15.6. The van der Waals surface area contributed by atoms with Crippen molar-refractivity contribution in [3.8, 4) is 0 Å². The normalized spacial score (nSPS) is 18.7. The van der Waals surface area contributed by atoms with Crippen LogP contribution in [0, 0.1) is 6.92 Å². The van der Waals surface area contributed by atoms with Gasteiger partial charge >= 0.3 is 0 Å². The lowest BCUT2D eigenvalue weighted by atomic mass is 10.0. The summed E-state index contributed by atoms with van der Waals surface area (Å²) in [5, 5.41) is 9.83. The van der Waals surface area contributed by atoms with E-state index in [0.717, 1.165) is 30.6 Å². The van der Waals surface area contributed by atoms with Crippen LogP contribution < -0.4 is 0 Å². The van der Waals surface area contributed by atoms with Crippen molar-refractivity contribution >= 4 is 5.91 Å². The number of β-amino-alcohol motifs (C(OH)–C–C–N with tert-alkyl or cyclic N) is 1. The van der Waals surface area contributed by atoms with E-state index in [2.05, 4.69) is 17.0 Å². The molecule has 1 aliphatic heterocycles. The Morgan fingerprint density at radius 3 is 2.50 bits per heavy atom. The molecule has 0 radical (unpaired) electrons. The van der Waals surface area contributed by atoms with E-state index in [0.29, 0.717) is 13.0 Å². The number of likely N-dealkylation sites (N-methyl/N-ethyl adjacent to an activating group) is 1. The van der Waals surface area contributed by atoms with E-state index >= 15 is 0 Å². The van der Waals surface area contributed by atoms with Crippen LogP contribution in [0.5, 0.6) is 0 Å². The van der Waals surface area contributed by atoms with E-state index < -0.39 is 0 Å². The van der Waals surface area contributed by atoms with Crippen molar-refractivity contribution < 1.29 is 9.90 Å². The molecule has 0 spiro atoms. The van der Waals surface area contributed by atoms with Gasteiger partial charge in [-0.1, -0.05) is 60.2 Å². The number of amides is 1. The van der Waals surface area contributed by atoms with Gasteiger partial charge in [-0.3, -0.25) is 9.69 Å². The number of nitrogens with zero attached hydrogens (tertiary/aromatic N) is 2. The van der Waals surface area contributed by atoms with Crippen molar-refractivity contribution in [3.05, 3.63) is 71.3 Å². The number of carbonyl (C=O) groups is 1. The van der Waals surface area contributed by atoms with Gasteiger partial charge in [0.15, 0.2) is 0 Å². The fourth-order valence-electron chi connectivity index (χ4n) is 3.53. The molecule has 1 aliphatic rings. The molecular weight excluding hydrogens is 324 g/mol. The molecule has 0 aromatic heterocycles. The molecule has 0 bridgehead atoms. The number of hydrogen-bond donors (Lipinski definition) is 1. The minimum absolute atomic E-state index is 0.0144. The van der Waals surface area contributed by atoms with E-state index in [1.165, 1.54) is 5.56 Å². The van der Waals surface area contributed by atoms with Gasteiger partial charge in [-0.05, 0) is 24.5 Å². The molecule has 1 heterocycles. The van der Waals surface area contributed by atoms with Gasteiger partial charge in [0.25, 0.3) is 0 Å². The van der Waals surface area contributed by atoms with Crippen LogP contribution in [0.1, 0.15) is 29.2 Å². The number of aryl methyl sites for hydroxylation is 1. The molecule has 1 saturated heterocycles. The minimum Gasteiger partial charge on any atom is -0.392 e. The molecule has 2 aromatic carbocycles. The van der Waals surface area contributed by atoms with Crippen LogP contribution in [-0.2, 0) is 11.2 Å². The summed E-state index contributed by atoms with van der Waals surface area (Å²) in [4.78, 5) is 17.0. The summed E-state index contributed by atoms with van der Waals surface area (Å²) in [6.45, 7) is 4.36. The molecule has 0 saturated carbocycles. The van der Waals surface area contributed by atoms with Gasteiger partial charge in [0.05, 0.1) is 18.6 Å². The summed E-state index contributed by atoms with van der Waals surface area (Å²) >= 11 is 0. The molecule has 1 N–H and O–H groups in total. The lowest BCUT2D eigenvalue weighted by Crippen LogP contribution is -2.39. The minimum atomic E-state index is -0.250. The summed E-state index contributed by atoms with van der Waals surface area (Å²) in [5.74, 6) is 0.113. The van der Waals surface area contributed by atoms with Gasteiger partial charge in [0.2, 0.25) is 5.91 Å². The van der Waals surface area contributed by atoms with Crippen LogP contribution in [0.3, 0.4) is 0 Å². The van der Waals surface area contributed by atoms with Gasteiger partial charge in [0.1, 0.15) is 0 Å². The first kappa shape index (κ1) is 18.6. The lowest BCUT2D eigenvalue weighted by molar-refractivity contribution is -0.131. The predicted octanol–water partition coefficient (Wildman–Crippen LogP) is 2.80. The highest BCUT2D eigenvalue weighted by molar-refractivity contribution is 5.79. The van der Waals surface area contributed by atoms with Crippen molar-refractivity contribution in [1.29, 1.82) is 0 Å². The maximum atomic E-state index is 12.9. The first-order chi connectivity index (χ1) is 12.5. The highest BCUT2D eigenvalue weighted by Crippen LogP contribution is 2.24. The summed E-state index contributed by atoms with van der Waals surface area (Å²) < 4.78 is 0. The fraction of sp³-hybridized carbons (Fsp3) is 0.409. The maximum absolute atomic E-state index is 12.9. The predicted molar refractivity (Wildman–Crippen MR) is 104 cm³/mol. The molecule has 4 nitrogen and oxygen atoms in total. The van der Waals surface area contributed by atoms with E-state index in [1.807, 2.05) is 61.3 Å². The average Bonchev–Trinajstić information content (AvgIpc) is 3.07. The van der Waals surface area contributed by atoms with E-state index in [-0.39, 0.29) is 18.1 Å². The topological polar surface area (TPSA) is 43.8 Å². The van der Waals surface area contributed by atoms with E-state index in [9.17, 15) is 9.90 Å². The molecule has 1 fully saturated rings. The largest absolute Gasteiger partial charge is 0.392 e. The lowest BCUT2D eigenvalue weighted by Gasteiger charge is -2.32. The second-order valence-corrected chi connectivity index (χ2v) is 7.30. The standard InChI is InChI=1S/C22H28N2O2/c1-17-8-10-18(11-9-17)14-22(26)23(2)21(19-6-4-3-5-7-19)16-24-13-12-20(25)15-24/h3-11,20-21,25H,12-16H2,1-2H3. The van der Waals surface area contributed by atoms with Gasteiger partial charge in [0, 0.05) is 26.7 Å². The SMILES string of the molecule is Cc1ccc(CC(=O)N(C)C(CN2CCC(O)C2)c2ccccc2)cc1. The van der Waals surface area contributed by atoms with E-state index in [4.69, 9.17) is 0 Å². The Labute approximate surface area is 156 Å². The Morgan fingerprint density at radius 2 is 1.88 bits per heavy atom. The third-order valence-electron chi connectivity index (χ3n) is 5.20. The Hall–Kier alpha value is -2.17. The first-order valence-corrected chi connectivity index (χ1v) is 9.29. The smallest absolute Gasteiger partial charge is 0.227 e. The molecule has 3 rings (SSSR count). The molecular formula is C22H28N2O2. The number of benzene rings is 2. The zero-order chi connectivity index (χ0) is 18.5. The summed E-state index contributed by atoms with van der Waals surface area (Å²) in [6, 6.07) is 18.3. The van der Waals surface area contributed by atoms with Crippen molar-refractivity contribution in [2.24, 2.45) is 0 Å². The summed E-state index contributed by atoms with van der Waals surface area (Å²) in [6.07, 6.45) is 0.964. The molecule has 1 amide bonds. The highest BCUT2D eigenvalue weighted by atomic mass is 16.3. The Kier molecular flexibility index (Phi) is 6.07. The van der Waals surface area contributed by atoms with Crippen molar-refractivity contribution in [1.82, 2.24) is 9.80 Å². The highest BCUT2D eigenvalue weighted by Gasteiger charge is 2.28. The molecule has 2 aromatic rings. The number of aliphatic hydroxyl groups is 1. The number of hydrogen-bond acceptors (Lipinski definition) is 3. The Balaban J connectivity index is 1.74. The average molecular weight is 352 g/mol. The monoisotopic (exact) mass is 352 g/mol. The number of rotatable bonds is 6. The molecule has 0 aliphatic carbocycles. The molecule has 138 valence electrons. The molecule has 26 heavy (non-hydrogen) atoms. The second kappa shape index (κ2) is 8.47. The molecule has 2 unspecified atom stereocenters. The number of carbonyl (C=O) groups excluding carboxylic acids is 1. The van der Waals surface area contributed by atoms with Gasteiger partial charge in [-0.15, -0.1) is 0 Å². The quantitative estimate of drug-likeness (QED) is 0.869. The van der Waals surface area contributed by atoms with Crippen LogP contribution in [0.25, 0.3) is 0 Å². The third kappa shape index (κ3) is 4.71. The van der Waals surface area contributed by atoms with Crippen LogP contribution in [0.2, 0.25) is 0 Å². The Bertz CT molecular complexity index is 715. The summed E-state index contributed by atoms with van der Waals surface area (Å²) in [5.41, 5.74) is 3.37. The molecule has 2 atom stereocenters. The Morgan fingerprint density at radius 1 is 1.19 bits per heavy atom. The van der Waals surface area contributed by atoms with E-state index in [1.54, 1.807) is 0 Å². The molecule has 4 heteroatoms. The van der Waals surface area contributed by atoms with Crippen LogP contribution >= 0.6 is 0 Å². The maximum Gasteiger partial charge on any atom is 0.227 e. The van der Waals surface area contributed by atoms with Crippen molar-refractivity contribution in [2.75, 3.05) is 26.7 Å². The second-order valence-electron chi connectivity index (χ2n) is 7.30. The third-order valence-corrected chi connectivity index (χ3v) is 5.20. The van der Waals surface area contributed by atoms with Gasteiger partial charge in [-0.2, -0.15) is 0 Å². The van der Waals surface area contributed by atoms with Crippen LogP contribution in [0.4, 0.5) is 0 Å². The summed E-state index contributed by atoms with van der Waals surface area (Å²) in [7, 11) is 1.89. The van der Waals surface area contributed by atoms with Gasteiger partial charge < -0.3 is 10.0 Å². The van der Waals surface area contributed by atoms with Crippen molar-refractivity contribution in [3.63, 3.8) is 0 Å².